The number of benzene rings is 2. The monoisotopic (exact) mass is 482 g/mol. The van der Waals surface area contributed by atoms with E-state index in [4.69, 9.17) is 10.5 Å². The number of nitrogens with two attached hydrogens (primary N) is 1. The third kappa shape index (κ3) is 4.98. The Bertz CT molecular complexity index is 1230. The fourth-order valence-electron chi connectivity index (χ4n) is 4.31. The number of nitrogens with zero attached hydrogens (tertiary/aromatic N) is 5. The molecule has 4 rings (SSSR count). The average molecular weight is 483 g/mol. The number of piperazine rings is 1. The summed E-state index contributed by atoms with van der Waals surface area (Å²) >= 11 is 0. The molecule has 0 atom stereocenters. The molecule has 0 spiro atoms. The van der Waals surface area contributed by atoms with E-state index in [2.05, 4.69) is 27.0 Å². The molecule has 35 heavy (non-hydrogen) atoms. The van der Waals surface area contributed by atoms with Crippen molar-refractivity contribution in [3.05, 3.63) is 53.1 Å². The predicted molar refractivity (Wildman–Crippen MR) is 130 cm³/mol. The lowest BCUT2D eigenvalue weighted by atomic mass is 9.98. The highest BCUT2D eigenvalue weighted by atomic mass is 19.1. The van der Waals surface area contributed by atoms with Crippen molar-refractivity contribution in [2.45, 2.75) is 26.3 Å². The number of aromatic nitrogens is 3. The van der Waals surface area contributed by atoms with Gasteiger partial charge in [-0.2, -0.15) is 0 Å². The number of phenols is 1. The number of hydrogen-bond acceptors (Lipinski definition) is 7. The summed E-state index contributed by atoms with van der Waals surface area (Å²) in [5.74, 6) is -0.701. The number of methoxy groups -OCH3 is 1. The van der Waals surface area contributed by atoms with E-state index in [1.807, 2.05) is 13.8 Å². The molecule has 1 amide bonds. The molecule has 1 saturated heterocycles. The SMILES string of the molecule is COc1cc(O)c(-c2nnc(C(N)=O)n2-c2ccc(CN3CCN(C)CC3)c(F)c2)cc1C(C)C. The summed E-state index contributed by atoms with van der Waals surface area (Å²) in [5.41, 5.74) is 7.62. The number of phenolic OH excluding ortho intramolecular Hbond substituents is 1. The zero-order valence-electron chi connectivity index (χ0n) is 20.5. The van der Waals surface area contributed by atoms with Crippen molar-refractivity contribution in [1.29, 1.82) is 0 Å². The van der Waals surface area contributed by atoms with Gasteiger partial charge < -0.3 is 20.5 Å². The Morgan fingerprint density at radius 2 is 1.89 bits per heavy atom. The van der Waals surface area contributed by atoms with E-state index in [1.54, 1.807) is 18.2 Å². The minimum absolute atomic E-state index is 0.0857. The zero-order chi connectivity index (χ0) is 25.3. The summed E-state index contributed by atoms with van der Waals surface area (Å²) in [5, 5.41) is 18.8. The molecule has 2 aromatic carbocycles. The molecule has 0 unspecified atom stereocenters. The van der Waals surface area contributed by atoms with Crippen LogP contribution in [0.4, 0.5) is 4.39 Å². The molecule has 0 saturated carbocycles. The fraction of sp³-hybridized carbons (Fsp3) is 0.400. The van der Waals surface area contributed by atoms with E-state index in [1.165, 1.54) is 23.8 Å². The van der Waals surface area contributed by atoms with E-state index in [-0.39, 0.29) is 23.3 Å². The largest absolute Gasteiger partial charge is 0.507 e. The fourth-order valence-corrected chi connectivity index (χ4v) is 4.31. The van der Waals surface area contributed by atoms with E-state index in [0.717, 1.165) is 31.7 Å². The normalized spacial score (nSPS) is 15.0. The molecule has 2 heterocycles. The standard InChI is InChI=1S/C25H31FN6O3/c1-15(2)18-12-19(21(33)13-22(18)35-4)24-28-29-25(23(27)34)32(24)17-6-5-16(20(26)11-17)14-31-9-7-30(3)8-10-31/h5-6,11-13,15,33H,7-10,14H2,1-4H3,(H2,27,34). The van der Waals surface area contributed by atoms with Crippen LogP contribution in [0.15, 0.2) is 30.3 Å². The molecular weight excluding hydrogens is 451 g/mol. The van der Waals surface area contributed by atoms with E-state index < -0.39 is 11.7 Å². The van der Waals surface area contributed by atoms with E-state index >= 15 is 4.39 Å². The van der Waals surface area contributed by atoms with Crippen molar-refractivity contribution in [1.82, 2.24) is 24.6 Å². The maximum atomic E-state index is 15.2. The highest BCUT2D eigenvalue weighted by Crippen LogP contribution is 2.38. The van der Waals surface area contributed by atoms with Crippen LogP contribution in [-0.2, 0) is 6.54 Å². The Balaban J connectivity index is 1.76. The third-order valence-electron chi connectivity index (χ3n) is 6.38. The van der Waals surface area contributed by atoms with Gasteiger partial charge in [0.1, 0.15) is 17.3 Å². The Labute approximate surface area is 203 Å². The molecule has 10 heteroatoms. The number of carbonyl (C=O) groups is 1. The average Bonchev–Trinajstić information content (AvgIpc) is 3.26. The minimum atomic E-state index is -0.817. The van der Waals surface area contributed by atoms with E-state index in [9.17, 15) is 9.90 Å². The number of likely N-dealkylation sites (N-methyl/N-ethyl adjacent to an activating group) is 1. The number of hydrogen-bond donors (Lipinski definition) is 2. The lowest BCUT2D eigenvalue weighted by molar-refractivity contribution is 0.0988. The van der Waals surface area contributed by atoms with Crippen molar-refractivity contribution in [2.75, 3.05) is 40.3 Å². The molecule has 0 bridgehead atoms. The number of amides is 1. The predicted octanol–water partition coefficient (Wildman–Crippen LogP) is 2.76. The molecule has 9 nitrogen and oxygen atoms in total. The molecule has 1 aromatic heterocycles. The molecule has 1 fully saturated rings. The van der Waals surface area contributed by atoms with Gasteiger partial charge in [-0.05, 0) is 36.7 Å². The first-order chi connectivity index (χ1) is 16.7. The van der Waals surface area contributed by atoms with Crippen molar-refractivity contribution in [2.24, 2.45) is 5.73 Å². The van der Waals surface area contributed by atoms with Crippen molar-refractivity contribution in [3.63, 3.8) is 0 Å². The molecule has 0 aliphatic carbocycles. The first-order valence-electron chi connectivity index (χ1n) is 11.6. The first kappa shape index (κ1) is 24.6. The summed E-state index contributed by atoms with van der Waals surface area (Å²) in [6, 6.07) is 7.98. The van der Waals surface area contributed by atoms with Gasteiger partial charge in [-0.3, -0.25) is 14.3 Å². The molecule has 0 radical (unpaired) electrons. The Kier molecular flexibility index (Phi) is 7.04. The van der Waals surface area contributed by atoms with Gasteiger partial charge in [0.2, 0.25) is 5.82 Å². The van der Waals surface area contributed by atoms with Crippen LogP contribution in [0.25, 0.3) is 17.1 Å². The smallest absolute Gasteiger partial charge is 0.287 e. The summed E-state index contributed by atoms with van der Waals surface area (Å²) < 4.78 is 22.0. The van der Waals surface area contributed by atoms with Crippen LogP contribution in [0.2, 0.25) is 0 Å². The van der Waals surface area contributed by atoms with Crippen LogP contribution in [-0.4, -0.2) is 75.9 Å². The van der Waals surface area contributed by atoms with Gasteiger partial charge in [-0.25, -0.2) is 4.39 Å². The van der Waals surface area contributed by atoms with Crippen molar-refractivity contribution >= 4 is 5.91 Å². The highest BCUT2D eigenvalue weighted by Gasteiger charge is 2.24. The third-order valence-corrected chi connectivity index (χ3v) is 6.38. The molecule has 3 N–H and O–H groups in total. The molecule has 1 aliphatic heterocycles. The van der Waals surface area contributed by atoms with Crippen molar-refractivity contribution in [3.8, 4) is 28.6 Å². The van der Waals surface area contributed by atoms with Crippen LogP contribution in [0.5, 0.6) is 11.5 Å². The van der Waals surface area contributed by atoms with Crippen molar-refractivity contribution < 1.29 is 19.0 Å². The van der Waals surface area contributed by atoms with Gasteiger partial charge in [0.25, 0.3) is 5.91 Å². The molecule has 1 aliphatic rings. The quantitative estimate of drug-likeness (QED) is 0.533. The maximum Gasteiger partial charge on any atom is 0.287 e. The first-order valence-corrected chi connectivity index (χ1v) is 11.6. The number of ether oxygens (including phenoxy) is 1. The topological polar surface area (TPSA) is 110 Å². The highest BCUT2D eigenvalue weighted by molar-refractivity contribution is 5.91. The lowest BCUT2D eigenvalue weighted by Gasteiger charge is -2.32. The Morgan fingerprint density at radius 1 is 1.17 bits per heavy atom. The second-order valence-corrected chi connectivity index (χ2v) is 9.17. The number of primary amides is 1. The van der Waals surface area contributed by atoms with Crippen LogP contribution >= 0.6 is 0 Å². The Hall–Kier alpha value is -3.50. The minimum Gasteiger partial charge on any atom is -0.507 e. The van der Waals surface area contributed by atoms with Gasteiger partial charge in [0, 0.05) is 44.4 Å². The molecular formula is C25H31FN6O3. The second kappa shape index (κ2) is 10.0. The number of carbonyl (C=O) groups excluding carboxylic acids is 1. The zero-order valence-corrected chi connectivity index (χ0v) is 20.5. The van der Waals surface area contributed by atoms with Gasteiger partial charge in [-0.1, -0.05) is 19.9 Å². The lowest BCUT2D eigenvalue weighted by Crippen LogP contribution is -2.44. The number of aromatic hydroxyl groups is 1. The summed E-state index contributed by atoms with van der Waals surface area (Å²) in [7, 11) is 3.60. The van der Waals surface area contributed by atoms with E-state index in [0.29, 0.717) is 29.1 Å². The summed E-state index contributed by atoms with van der Waals surface area (Å²) in [6.45, 7) is 8.10. The maximum absolute atomic E-state index is 15.2. The second-order valence-electron chi connectivity index (χ2n) is 9.17. The van der Waals surface area contributed by atoms with Gasteiger partial charge in [0.15, 0.2) is 5.82 Å². The van der Waals surface area contributed by atoms with Gasteiger partial charge in [0.05, 0.1) is 18.4 Å². The Morgan fingerprint density at radius 3 is 2.49 bits per heavy atom. The van der Waals surface area contributed by atoms with Gasteiger partial charge >= 0.3 is 0 Å². The van der Waals surface area contributed by atoms with Crippen LogP contribution < -0.4 is 10.5 Å². The summed E-state index contributed by atoms with van der Waals surface area (Å²) in [6.07, 6.45) is 0. The van der Waals surface area contributed by atoms with Gasteiger partial charge in [-0.15, -0.1) is 10.2 Å². The number of halogens is 1. The summed E-state index contributed by atoms with van der Waals surface area (Å²) in [4.78, 5) is 16.6. The number of rotatable bonds is 7. The van der Waals surface area contributed by atoms with Crippen LogP contribution in [0.3, 0.4) is 0 Å². The molecule has 186 valence electrons. The van der Waals surface area contributed by atoms with Crippen LogP contribution in [0.1, 0.15) is 41.5 Å². The molecule has 3 aromatic rings. The van der Waals surface area contributed by atoms with Crippen LogP contribution in [0, 0.1) is 5.82 Å².